The summed E-state index contributed by atoms with van der Waals surface area (Å²) in [6.07, 6.45) is 0.124. The van der Waals surface area contributed by atoms with Crippen LogP contribution in [0.1, 0.15) is 17.5 Å². The quantitative estimate of drug-likeness (QED) is 0.856. The highest BCUT2D eigenvalue weighted by Crippen LogP contribution is 2.30. The van der Waals surface area contributed by atoms with Crippen LogP contribution in [0.15, 0.2) is 54.6 Å². The van der Waals surface area contributed by atoms with Crippen LogP contribution in [0.4, 0.5) is 0 Å². The Bertz CT molecular complexity index is 853. The van der Waals surface area contributed by atoms with Crippen molar-refractivity contribution in [2.24, 2.45) is 0 Å². The molecule has 0 saturated carbocycles. The Morgan fingerprint density at radius 1 is 1.00 bits per heavy atom. The van der Waals surface area contributed by atoms with Crippen molar-refractivity contribution >= 4 is 11.8 Å². The molecule has 2 unspecified atom stereocenters. The summed E-state index contributed by atoms with van der Waals surface area (Å²) in [5.74, 6) is 0.571. The Balaban J connectivity index is 1.63. The summed E-state index contributed by atoms with van der Waals surface area (Å²) in [4.78, 5) is 29.7. The van der Waals surface area contributed by atoms with Gasteiger partial charge in [0.1, 0.15) is 17.8 Å². The maximum atomic E-state index is 13.2. The van der Waals surface area contributed by atoms with Crippen LogP contribution in [-0.2, 0) is 22.6 Å². The van der Waals surface area contributed by atoms with Gasteiger partial charge < -0.3 is 19.6 Å². The van der Waals surface area contributed by atoms with E-state index in [2.05, 4.69) is 0 Å². The van der Waals surface area contributed by atoms with Gasteiger partial charge in [0.25, 0.3) is 0 Å². The third kappa shape index (κ3) is 3.47. The summed E-state index contributed by atoms with van der Waals surface area (Å²) in [6, 6.07) is 16.1. The van der Waals surface area contributed by atoms with Crippen LogP contribution in [0, 0.1) is 0 Å². The second-order valence-electron chi connectivity index (χ2n) is 7.42. The molecule has 1 N–H and O–H groups in total. The number of aliphatic hydroxyl groups is 1. The summed E-state index contributed by atoms with van der Waals surface area (Å²) in [5.41, 5.74) is 1.94. The molecule has 4 rings (SSSR count). The van der Waals surface area contributed by atoms with E-state index in [1.807, 2.05) is 54.6 Å². The minimum absolute atomic E-state index is 0.0847. The van der Waals surface area contributed by atoms with Crippen molar-refractivity contribution < 1.29 is 19.4 Å². The number of rotatable bonds is 5. The van der Waals surface area contributed by atoms with Crippen LogP contribution in [0.2, 0.25) is 0 Å². The van der Waals surface area contributed by atoms with Crippen LogP contribution in [0.25, 0.3) is 0 Å². The molecule has 2 aliphatic rings. The zero-order valence-electron chi connectivity index (χ0n) is 15.8. The first kappa shape index (κ1) is 18.5. The lowest BCUT2D eigenvalue weighted by atomic mass is 9.97. The predicted molar refractivity (Wildman–Crippen MR) is 104 cm³/mol. The Labute approximate surface area is 164 Å². The molecule has 2 aromatic rings. The van der Waals surface area contributed by atoms with Crippen LogP contribution in [0.3, 0.4) is 0 Å². The third-order valence-electron chi connectivity index (χ3n) is 5.58. The minimum atomic E-state index is -0.642. The number of carbonyl (C=O) groups excluding carboxylic acids is 2. The Morgan fingerprint density at radius 2 is 1.71 bits per heavy atom. The van der Waals surface area contributed by atoms with Crippen molar-refractivity contribution in [3.05, 3.63) is 65.7 Å². The Morgan fingerprint density at radius 3 is 2.39 bits per heavy atom. The van der Waals surface area contributed by atoms with Crippen molar-refractivity contribution in [1.82, 2.24) is 9.80 Å². The number of carbonyl (C=O) groups is 2. The molecule has 0 bridgehead atoms. The van der Waals surface area contributed by atoms with E-state index in [9.17, 15) is 14.7 Å². The molecule has 146 valence electrons. The largest absolute Gasteiger partial charge is 0.497 e. The van der Waals surface area contributed by atoms with Gasteiger partial charge in [-0.2, -0.15) is 0 Å². The van der Waals surface area contributed by atoms with Crippen LogP contribution < -0.4 is 4.74 Å². The van der Waals surface area contributed by atoms with Crippen molar-refractivity contribution in [3.63, 3.8) is 0 Å². The molecule has 2 aromatic carbocycles. The highest BCUT2D eigenvalue weighted by Gasteiger charge is 2.49. The van der Waals surface area contributed by atoms with Gasteiger partial charge in [0.2, 0.25) is 11.8 Å². The number of hydrogen-bond acceptors (Lipinski definition) is 4. The molecular weight excluding hydrogens is 356 g/mol. The molecule has 2 amide bonds. The lowest BCUT2D eigenvalue weighted by molar-refractivity contribution is -0.160. The summed E-state index contributed by atoms with van der Waals surface area (Å²) < 4.78 is 5.20. The molecule has 2 saturated heterocycles. The van der Waals surface area contributed by atoms with Gasteiger partial charge >= 0.3 is 0 Å². The number of aliphatic hydroxyl groups excluding tert-OH is 1. The highest BCUT2D eigenvalue weighted by atomic mass is 16.5. The number of ether oxygens (including phenoxy) is 1. The number of nitrogens with zero attached hydrogens (tertiary/aromatic N) is 2. The Kier molecular flexibility index (Phi) is 5.05. The van der Waals surface area contributed by atoms with E-state index < -0.39 is 18.2 Å². The molecule has 2 fully saturated rings. The first-order chi connectivity index (χ1) is 13.6. The lowest BCUT2D eigenvalue weighted by Crippen LogP contribution is -2.63. The molecular formula is C22H24N2O4. The van der Waals surface area contributed by atoms with E-state index in [1.54, 1.807) is 16.9 Å². The number of amides is 2. The van der Waals surface area contributed by atoms with Gasteiger partial charge in [-0.05, 0) is 23.3 Å². The normalized spacial score (nSPS) is 24.4. The number of benzene rings is 2. The number of fused-ring (bicyclic) bond motifs is 1. The standard InChI is InChI=1S/C22H24N2O4/c1-28-18-9-7-16(8-10-18)13-23-19(11-15-5-3-2-4-6-15)21(26)24-14-17(25)12-20(24)22(23)27/h2-10,17,19-20,25H,11-14H2,1H3/t17-,19?,20?/m1/s1. The molecule has 6 heteroatoms. The minimum Gasteiger partial charge on any atom is -0.497 e. The van der Waals surface area contributed by atoms with Crippen LogP contribution >= 0.6 is 0 Å². The average molecular weight is 380 g/mol. The molecule has 6 nitrogen and oxygen atoms in total. The maximum Gasteiger partial charge on any atom is 0.246 e. The van der Waals surface area contributed by atoms with E-state index in [-0.39, 0.29) is 18.4 Å². The SMILES string of the molecule is COc1ccc(CN2C(=O)C3C[C@@H](O)CN3C(=O)C2Cc2ccccc2)cc1. The number of hydrogen-bond donors (Lipinski definition) is 1. The molecule has 2 aliphatic heterocycles. The molecule has 3 atom stereocenters. The van der Waals surface area contributed by atoms with E-state index in [1.165, 1.54) is 0 Å². The average Bonchev–Trinajstić information content (AvgIpc) is 3.12. The first-order valence-electron chi connectivity index (χ1n) is 9.52. The second kappa shape index (κ2) is 7.64. The van der Waals surface area contributed by atoms with Crippen molar-refractivity contribution in [1.29, 1.82) is 0 Å². The van der Waals surface area contributed by atoms with Gasteiger partial charge in [0.15, 0.2) is 0 Å². The first-order valence-corrected chi connectivity index (χ1v) is 9.52. The predicted octanol–water partition coefficient (Wildman–Crippen LogP) is 1.61. The van der Waals surface area contributed by atoms with E-state index in [0.717, 1.165) is 16.9 Å². The summed E-state index contributed by atoms with van der Waals surface area (Å²) in [6.45, 7) is 0.587. The van der Waals surface area contributed by atoms with Gasteiger partial charge in [0, 0.05) is 25.9 Å². The van der Waals surface area contributed by atoms with Gasteiger partial charge in [0.05, 0.1) is 13.2 Å². The molecule has 0 aromatic heterocycles. The number of methoxy groups -OCH3 is 1. The van der Waals surface area contributed by atoms with E-state index >= 15 is 0 Å². The van der Waals surface area contributed by atoms with Crippen LogP contribution in [-0.4, -0.2) is 58.6 Å². The fourth-order valence-electron chi connectivity index (χ4n) is 4.11. The van der Waals surface area contributed by atoms with Crippen molar-refractivity contribution in [3.8, 4) is 5.75 Å². The smallest absolute Gasteiger partial charge is 0.246 e. The third-order valence-corrected chi connectivity index (χ3v) is 5.58. The van der Waals surface area contributed by atoms with Gasteiger partial charge in [-0.3, -0.25) is 9.59 Å². The number of piperazine rings is 1. The lowest BCUT2D eigenvalue weighted by Gasteiger charge is -2.42. The fraction of sp³-hybridized carbons (Fsp3) is 0.364. The fourth-order valence-corrected chi connectivity index (χ4v) is 4.11. The Hall–Kier alpha value is -2.86. The van der Waals surface area contributed by atoms with Crippen LogP contribution in [0.5, 0.6) is 5.75 Å². The zero-order valence-corrected chi connectivity index (χ0v) is 15.8. The summed E-state index contributed by atoms with van der Waals surface area (Å²) in [7, 11) is 1.61. The van der Waals surface area contributed by atoms with Gasteiger partial charge in [-0.15, -0.1) is 0 Å². The molecule has 0 radical (unpaired) electrons. The highest BCUT2D eigenvalue weighted by molar-refractivity contribution is 5.97. The van der Waals surface area contributed by atoms with E-state index in [4.69, 9.17) is 4.74 Å². The van der Waals surface area contributed by atoms with Crippen molar-refractivity contribution in [2.45, 2.75) is 37.6 Å². The summed E-state index contributed by atoms with van der Waals surface area (Å²) in [5, 5.41) is 10.0. The van der Waals surface area contributed by atoms with E-state index in [0.29, 0.717) is 19.4 Å². The molecule has 28 heavy (non-hydrogen) atoms. The zero-order chi connectivity index (χ0) is 19.7. The van der Waals surface area contributed by atoms with Crippen molar-refractivity contribution in [2.75, 3.05) is 13.7 Å². The molecule has 0 aliphatic carbocycles. The maximum absolute atomic E-state index is 13.2. The van der Waals surface area contributed by atoms with Gasteiger partial charge in [-0.1, -0.05) is 42.5 Å². The topological polar surface area (TPSA) is 70.1 Å². The molecule has 0 spiro atoms. The molecule has 2 heterocycles. The second-order valence-corrected chi connectivity index (χ2v) is 7.42. The summed E-state index contributed by atoms with van der Waals surface area (Å²) >= 11 is 0. The monoisotopic (exact) mass is 380 g/mol. The van der Waals surface area contributed by atoms with Gasteiger partial charge in [-0.25, -0.2) is 0 Å².